The van der Waals surface area contributed by atoms with E-state index in [1.54, 1.807) is 7.11 Å². The molecule has 2 fully saturated rings. The van der Waals surface area contributed by atoms with Crippen molar-refractivity contribution in [3.05, 3.63) is 29.8 Å². The van der Waals surface area contributed by atoms with Crippen molar-refractivity contribution < 1.29 is 14.3 Å². The summed E-state index contributed by atoms with van der Waals surface area (Å²) in [5, 5.41) is 3.38. The molecule has 0 saturated carbocycles. The Labute approximate surface area is 125 Å². The van der Waals surface area contributed by atoms with Gasteiger partial charge in [-0.2, -0.15) is 0 Å². The first-order valence-corrected chi connectivity index (χ1v) is 7.45. The van der Waals surface area contributed by atoms with E-state index < -0.39 is 0 Å². The molecule has 5 heteroatoms. The lowest BCUT2D eigenvalue weighted by atomic mass is 10.1. The smallest absolute Gasteiger partial charge is 0.241 e. The first-order chi connectivity index (χ1) is 10.1. The Morgan fingerprint density at radius 3 is 2.57 bits per heavy atom. The van der Waals surface area contributed by atoms with Crippen LogP contribution in [-0.2, 0) is 9.53 Å². The fourth-order valence-electron chi connectivity index (χ4n) is 3.22. The van der Waals surface area contributed by atoms with Crippen LogP contribution in [0.25, 0.3) is 0 Å². The normalized spacial score (nSPS) is 32.7. The van der Waals surface area contributed by atoms with E-state index in [0.717, 1.165) is 24.3 Å². The van der Waals surface area contributed by atoms with Crippen LogP contribution in [0, 0.1) is 0 Å². The molecule has 5 nitrogen and oxygen atoms in total. The molecule has 21 heavy (non-hydrogen) atoms. The molecule has 1 aromatic carbocycles. The summed E-state index contributed by atoms with van der Waals surface area (Å²) < 4.78 is 10.8. The summed E-state index contributed by atoms with van der Waals surface area (Å²) in [6.45, 7) is 4.68. The molecule has 2 aliphatic rings. The van der Waals surface area contributed by atoms with Crippen molar-refractivity contribution in [2.75, 3.05) is 13.7 Å². The van der Waals surface area contributed by atoms with Crippen molar-refractivity contribution in [1.29, 1.82) is 0 Å². The van der Waals surface area contributed by atoms with E-state index in [2.05, 4.69) is 5.32 Å². The van der Waals surface area contributed by atoms with E-state index in [-0.39, 0.29) is 30.3 Å². The van der Waals surface area contributed by atoms with Gasteiger partial charge in [-0.25, -0.2) is 0 Å². The molecule has 114 valence electrons. The zero-order valence-electron chi connectivity index (χ0n) is 12.7. The second-order valence-corrected chi connectivity index (χ2v) is 5.74. The monoisotopic (exact) mass is 290 g/mol. The Hall–Kier alpha value is -1.59. The maximum Gasteiger partial charge on any atom is 0.241 e. The van der Waals surface area contributed by atoms with Gasteiger partial charge < -0.3 is 14.4 Å². The zero-order chi connectivity index (χ0) is 15.0. The molecule has 2 aliphatic heterocycles. The number of nitrogens with zero attached hydrogens (tertiary/aromatic N) is 1. The van der Waals surface area contributed by atoms with Gasteiger partial charge in [-0.1, -0.05) is 12.1 Å². The third kappa shape index (κ3) is 2.51. The van der Waals surface area contributed by atoms with Crippen LogP contribution in [0.15, 0.2) is 24.3 Å². The zero-order valence-corrected chi connectivity index (χ0v) is 12.7. The third-order valence-electron chi connectivity index (χ3n) is 4.44. The Bertz CT molecular complexity index is 517. The first-order valence-electron chi connectivity index (χ1n) is 7.45. The standard InChI is InChI=1S/C16H22N2O3/c1-10-16(19)18(14-8-9-21-11(14)2)15(17-10)12-4-6-13(20-3)7-5-12/h4-7,10-11,14-15,17H,8-9H2,1-3H3. The molecule has 1 N–H and O–H groups in total. The van der Waals surface area contributed by atoms with Crippen molar-refractivity contribution in [1.82, 2.24) is 10.2 Å². The lowest BCUT2D eigenvalue weighted by Gasteiger charge is -2.32. The van der Waals surface area contributed by atoms with Gasteiger partial charge in [0.1, 0.15) is 11.9 Å². The van der Waals surface area contributed by atoms with Gasteiger partial charge in [-0.15, -0.1) is 0 Å². The predicted molar refractivity (Wildman–Crippen MR) is 79.0 cm³/mol. The summed E-state index contributed by atoms with van der Waals surface area (Å²) in [7, 11) is 1.65. The van der Waals surface area contributed by atoms with Gasteiger partial charge >= 0.3 is 0 Å². The van der Waals surface area contributed by atoms with E-state index in [0.29, 0.717) is 0 Å². The summed E-state index contributed by atoms with van der Waals surface area (Å²) in [5.74, 6) is 0.971. The molecule has 2 saturated heterocycles. The quantitative estimate of drug-likeness (QED) is 0.920. The van der Waals surface area contributed by atoms with Crippen LogP contribution in [0.5, 0.6) is 5.75 Å². The third-order valence-corrected chi connectivity index (χ3v) is 4.44. The molecule has 0 spiro atoms. The molecule has 4 unspecified atom stereocenters. The topological polar surface area (TPSA) is 50.8 Å². The molecule has 0 bridgehead atoms. The van der Waals surface area contributed by atoms with Gasteiger partial charge in [-0.3, -0.25) is 10.1 Å². The summed E-state index contributed by atoms with van der Waals surface area (Å²) >= 11 is 0. The SMILES string of the molecule is COc1ccc(C2NC(C)C(=O)N2C2CCOC2C)cc1. The number of hydrogen-bond donors (Lipinski definition) is 1. The number of hydrogen-bond acceptors (Lipinski definition) is 4. The number of carbonyl (C=O) groups excluding carboxylic acids is 1. The molecule has 0 radical (unpaired) electrons. The fourth-order valence-corrected chi connectivity index (χ4v) is 3.22. The first kappa shape index (κ1) is 14.4. The minimum absolute atomic E-state index is 0.0850. The highest BCUT2D eigenvalue weighted by molar-refractivity contribution is 5.84. The highest BCUT2D eigenvalue weighted by Crippen LogP contribution is 2.33. The molecule has 3 rings (SSSR count). The molecule has 1 aromatic rings. The van der Waals surface area contributed by atoms with Crippen molar-refractivity contribution in [3.8, 4) is 5.75 Å². The van der Waals surface area contributed by atoms with Crippen molar-refractivity contribution >= 4 is 5.91 Å². The molecule has 2 heterocycles. The highest BCUT2D eigenvalue weighted by atomic mass is 16.5. The van der Waals surface area contributed by atoms with Crippen LogP contribution < -0.4 is 10.1 Å². The van der Waals surface area contributed by atoms with Crippen LogP contribution in [0.1, 0.15) is 32.0 Å². The van der Waals surface area contributed by atoms with Crippen molar-refractivity contribution in [2.24, 2.45) is 0 Å². The van der Waals surface area contributed by atoms with Crippen molar-refractivity contribution in [3.63, 3.8) is 0 Å². The minimum Gasteiger partial charge on any atom is -0.497 e. The van der Waals surface area contributed by atoms with Crippen LogP contribution in [0.3, 0.4) is 0 Å². The molecule has 0 aromatic heterocycles. The van der Waals surface area contributed by atoms with E-state index >= 15 is 0 Å². The maximum atomic E-state index is 12.5. The summed E-state index contributed by atoms with van der Waals surface area (Å²) in [4.78, 5) is 14.5. The van der Waals surface area contributed by atoms with Crippen LogP contribution in [0.2, 0.25) is 0 Å². The van der Waals surface area contributed by atoms with Crippen LogP contribution in [0.4, 0.5) is 0 Å². The van der Waals surface area contributed by atoms with Gasteiger partial charge in [0.05, 0.1) is 25.3 Å². The van der Waals surface area contributed by atoms with Crippen molar-refractivity contribution in [2.45, 2.75) is 44.6 Å². The molecule has 0 aliphatic carbocycles. The lowest BCUT2D eigenvalue weighted by Crippen LogP contribution is -2.43. The number of amides is 1. The summed E-state index contributed by atoms with van der Waals surface area (Å²) in [6, 6.07) is 7.85. The molecular weight excluding hydrogens is 268 g/mol. The number of carbonyl (C=O) groups is 1. The number of methoxy groups -OCH3 is 1. The van der Waals surface area contributed by atoms with Gasteiger partial charge in [0.2, 0.25) is 5.91 Å². The average Bonchev–Trinajstić information content (AvgIpc) is 3.03. The van der Waals surface area contributed by atoms with Gasteiger partial charge in [-0.05, 0) is 38.0 Å². The minimum atomic E-state index is -0.162. The lowest BCUT2D eigenvalue weighted by molar-refractivity contribution is -0.133. The largest absolute Gasteiger partial charge is 0.497 e. The van der Waals surface area contributed by atoms with Gasteiger partial charge in [0, 0.05) is 6.61 Å². The summed E-state index contributed by atoms with van der Waals surface area (Å²) in [5.41, 5.74) is 1.08. The second-order valence-electron chi connectivity index (χ2n) is 5.74. The number of nitrogens with one attached hydrogen (secondary N) is 1. The average molecular weight is 290 g/mol. The Balaban J connectivity index is 1.89. The number of benzene rings is 1. The van der Waals surface area contributed by atoms with Gasteiger partial charge in [0.25, 0.3) is 0 Å². The van der Waals surface area contributed by atoms with E-state index in [1.807, 2.05) is 43.0 Å². The number of rotatable bonds is 3. The Morgan fingerprint density at radius 1 is 1.29 bits per heavy atom. The van der Waals surface area contributed by atoms with E-state index in [1.165, 1.54) is 0 Å². The van der Waals surface area contributed by atoms with Crippen LogP contribution >= 0.6 is 0 Å². The van der Waals surface area contributed by atoms with Crippen LogP contribution in [-0.4, -0.2) is 42.7 Å². The van der Waals surface area contributed by atoms with E-state index in [9.17, 15) is 4.79 Å². The Kier molecular flexibility index (Phi) is 3.87. The van der Waals surface area contributed by atoms with Gasteiger partial charge in [0.15, 0.2) is 0 Å². The second kappa shape index (κ2) is 5.66. The maximum absolute atomic E-state index is 12.5. The number of ether oxygens (including phenoxy) is 2. The van der Waals surface area contributed by atoms with E-state index in [4.69, 9.17) is 9.47 Å². The molecule has 4 atom stereocenters. The summed E-state index contributed by atoms with van der Waals surface area (Å²) in [6.07, 6.45) is 0.892. The Morgan fingerprint density at radius 2 is 2.00 bits per heavy atom. The highest BCUT2D eigenvalue weighted by Gasteiger charge is 2.44. The molecule has 1 amide bonds. The fraction of sp³-hybridized carbons (Fsp3) is 0.562. The molecular formula is C16H22N2O3. The predicted octanol–water partition coefficient (Wildman–Crippen LogP) is 1.69.